The number of epoxide rings is 1. The van der Waals surface area contributed by atoms with E-state index in [1.807, 2.05) is 52.0 Å². The molecule has 6 aromatic rings. The van der Waals surface area contributed by atoms with Crippen LogP contribution in [0.5, 0.6) is 0 Å². The minimum Gasteiger partial charge on any atom is -1.00 e. The van der Waals surface area contributed by atoms with Gasteiger partial charge in [-0.1, -0.05) is 91.4 Å². The Labute approximate surface area is 591 Å². The van der Waals surface area contributed by atoms with Gasteiger partial charge in [0.25, 0.3) is 33.7 Å². The molecule has 18 nitrogen and oxygen atoms in total. The molecule has 9 rings (SSSR count). The van der Waals surface area contributed by atoms with E-state index in [2.05, 4.69) is 85.7 Å². The molecule has 2 N–H and O–H groups in total. The molecule has 6 heterocycles. The Morgan fingerprint density at radius 2 is 0.967 bits per heavy atom. The van der Waals surface area contributed by atoms with Crippen molar-refractivity contribution in [3.05, 3.63) is 236 Å². The monoisotopic (exact) mass is 1390 g/mol. The zero-order valence-corrected chi connectivity index (χ0v) is 59.5. The van der Waals surface area contributed by atoms with Crippen LogP contribution in [0.1, 0.15) is 132 Å². The first-order valence-corrected chi connectivity index (χ1v) is 29.3. The van der Waals surface area contributed by atoms with Crippen molar-refractivity contribution in [2.24, 2.45) is 5.73 Å². The molecule has 476 valence electrons. The quantitative estimate of drug-likeness (QED) is 0.0317. The van der Waals surface area contributed by atoms with Crippen LogP contribution >= 0.6 is 28.3 Å². The van der Waals surface area contributed by atoms with Crippen molar-refractivity contribution in [2.45, 2.75) is 122 Å². The molecule has 6 atom stereocenters. The molecule has 1 saturated heterocycles. The van der Waals surface area contributed by atoms with Crippen LogP contribution < -0.4 is 35.7 Å². The number of aromatic nitrogens is 6. The normalized spacial score (nSPS) is 14.2. The maximum absolute atomic E-state index is 12.3. The molecule has 90 heavy (non-hydrogen) atoms. The number of hydrogen-bond acceptors (Lipinski definition) is 16. The topological polar surface area (TPSA) is 257 Å². The SMILES string of the molecule is Brc1cncnc1.C=CC[C@@H](C)[O-].C=CC[C@H](C)N1C(=O)c2ccccc2C1=O.C=CC[C@H](C)OS(=O)(=O)c1ccc(C)cc1.C[C@@H](C/C=C/c1cncnc1)N1C(=O)c2ccccc2C1=O.C[C@@H]1CO1.C[C@H](N)C/C=C/c1cncnc1.Cl.[CH-]=C.[Cl-].[Cl-].[Mg+2].[Mg+2]. The molecule has 25 heteroatoms. The number of carbonyl (C=O) groups excluding carboxylic acids is 4. The van der Waals surface area contributed by atoms with Crippen molar-refractivity contribution in [2.75, 3.05) is 6.61 Å². The Morgan fingerprint density at radius 1 is 0.633 bits per heavy atom. The molecule has 0 radical (unpaired) electrons. The van der Waals surface area contributed by atoms with Gasteiger partial charge in [0, 0.05) is 66.4 Å². The summed E-state index contributed by atoms with van der Waals surface area (Å²) < 4.78 is 34.2. The van der Waals surface area contributed by atoms with Gasteiger partial charge >= 0.3 is 46.1 Å². The minimum absolute atomic E-state index is 0. The second-order valence-corrected chi connectivity index (χ2v) is 21.6. The van der Waals surface area contributed by atoms with Gasteiger partial charge in [-0.15, -0.1) is 38.2 Å². The van der Waals surface area contributed by atoms with Crippen molar-refractivity contribution in [3.63, 3.8) is 0 Å². The summed E-state index contributed by atoms with van der Waals surface area (Å²) in [6.07, 6.45) is 30.5. The van der Waals surface area contributed by atoms with Gasteiger partial charge < -0.3 is 47.0 Å². The molecule has 0 unspecified atom stereocenters. The standard InChI is InChI=1S/C17H15N3O2.C13H13NO2.C12H16O3S.C9H13N3.C5H9O.C4H3BrN2.C3H6O.C2H3.3ClH.2Mg/c1-12(5-4-6-13-9-18-11-19-10-13)20-16(21)14-7-2-3-8-15(14)17(20)22;1-3-6-9(2)14-12(15)10-7-4-5-8-11(10)13(14)16;1-4-5-11(3)15-16(13,14)12-8-6-10(2)7-9-12;1-8(10)3-2-4-9-5-11-7-12-6-9;1-3-4-5(2)6;5-4-1-6-3-7-2-4;1-3-2-4-3;1-2;;;;;/h2-4,6-12H,5H2,1H3;3-5,7-9H,1,6H2,2H3;4,6-9,11H,1,5H2,2-3H3;2,4-8H,3,10H2,1H3;3,5H,1,4H2,2H3;1-3H;3H,2H2,1H3;1H,2H2;3*1H;;/q;;;;-1;;;-1;;;;2*+2/p-2/b6-4+;;;4-2+;;;;;;;;;/t12-;9-;11-;8-;5-;;3-;;;;;;/m00001.1....../s1. The molecule has 0 spiro atoms. The number of benzene rings is 3. The van der Waals surface area contributed by atoms with Gasteiger partial charge in [-0.05, 0) is 126 Å². The van der Waals surface area contributed by atoms with Gasteiger partial charge in [-0.25, -0.2) is 29.9 Å². The Bertz CT molecular complexity index is 3130. The predicted octanol–water partition coefficient (Wildman–Crippen LogP) is 4.93. The molecular weight excluding hydrogens is 1320 g/mol. The van der Waals surface area contributed by atoms with Crippen LogP contribution in [-0.2, 0) is 19.0 Å². The molecule has 4 amide bonds. The maximum Gasteiger partial charge on any atom is 2.00 e. The van der Waals surface area contributed by atoms with Crippen LogP contribution in [0.25, 0.3) is 12.2 Å². The minimum atomic E-state index is -3.65. The number of ether oxygens (including phenoxy) is 1. The zero-order valence-electron chi connectivity index (χ0n) is 52.0. The predicted molar refractivity (Wildman–Crippen MR) is 354 cm³/mol. The summed E-state index contributed by atoms with van der Waals surface area (Å²) in [6, 6.07) is 20.3. The molecule has 0 bridgehead atoms. The van der Waals surface area contributed by atoms with E-state index < -0.39 is 16.2 Å². The largest absolute Gasteiger partial charge is 2.00 e. The molecule has 1 fully saturated rings. The molecule has 3 aliphatic rings. The smallest absolute Gasteiger partial charge is 1.00 e. The third-order valence-electron chi connectivity index (χ3n) is 11.4. The fraction of sp³-hybridized carbons (Fsp3) is 0.292. The third kappa shape index (κ3) is 34.6. The van der Waals surface area contributed by atoms with E-state index in [-0.39, 0.29) is 136 Å². The maximum atomic E-state index is 12.3. The van der Waals surface area contributed by atoms with Crippen LogP contribution in [0.4, 0.5) is 0 Å². The molecule has 3 aromatic heterocycles. The molecule has 0 aliphatic carbocycles. The number of nitrogens with zero attached hydrogens (tertiary/aromatic N) is 8. The molecule has 3 aromatic carbocycles. The third-order valence-corrected chi connectivity index (χ3v) is 13.3. The van der Waals surface area contributed by atoms with Gasteiger partial charge in [0.2, 0.25) is 0 Å². The van der Waals surface area contributed by atoms with Gasteiger partial charge in [0.15, 0.2) is 0 Å². The Morgan fingerprint density at radius 3 is 1.26 bits per heavy atom. The summed E-state index contributed by atoms with van der Waals surface area (Å²) in [5.74, 6) is -0.834. The van der Waals surface area contributed by atoms with E-state index in [9.17, 15) is 32.7 Å². The average Bonchev–Trinajstić information content (AvgIpc) is 2.17. The first-order valence-electron chi connectivity index (χ1n) is 27.1. The van der Waals surface area contributed by atoms with Crippen molar-refractivity contribution < 1.29 is 66.4 Å². The van der Waals surface area contributed by atoms with E-state index in [1.165, 1.54) is 28.8 Å². The number of amides is 4. The summed E-state index contributed by atoms with van der Waals surface area (Å²) >= 11 is 3.19. The van der Waals surface area contributed by atoms with Crippen molar-refractivity contribution >= 4 is 120 Å². The number of fused-ring (bicyclic) bond motifs is 2. The summed E-state index contributed by atoms with van der Waals surface area (Å²) in [4.78, 5) is 74.6. The second kappa shape index (κ2) is 50.9. The Hall–Kier alpha value is -5.71. The Kier molecular flexibility index (Phi) is 51.3. The fourth-order valence-corrected chi connectivity index (χ4v) is 8.47. The van der Waals surface area contributed by atoms with Crippen molar-refractivity contribution in [3.8, 4) is 0 Å². The van der Waals surface area contributed by atoms with Crippen LogP contribution in [0.2, 0.25) is 0 Å². The number of carbonyl (C=O) groups is 4. The first kappa shape index (κ1) is 90.7. The summed E-state index contributed by atoms with van der Waals surface area (Å²) in [7, 11) is -3.65. The average molecular weight is 1400 g/mol. The zero-order chi connectivity index (χ0) is 63.3. The summed E-state index contributed by atoms with van der Waals surface area (Å²) in [6.45, 7) is 31.5. The van der Waals surface area contributed by atoms with Crippen LogP contribution in [-0.4, -0.2) is 161 Å². The van der Waals surface area contributed by atoms with Gasteiger partial charge in [0.05, 0.1) is 50.4 Å². The number of nitrogens with two attached hydrogens (primary N) is 1. The molecule has 3 aliphatic heterocycles. The van der Waals surface area contributed by atoms with Gasteiger partial charge in [0.1, 0.15) is 19.0 Å². The van der Waals surface area contributed by atoms with Crippen LogP contribution in [0.15, 0.2) is 195 Å². The van der Waals surface area contributed by atoms with Gasteiger partial charge in [-0.2, -0.15) is 8.42 Å². The van der Waals surface area contributed by atoms with Crippen molar-refractivity contribution in [1.29, 1.82) is 0 Å². The number of hydrogen-bond donors (Lipinski definition) is 1. The van der Waals surface area contributed by atoms with E-state index in [0.29, 0.717) is 54.0 Å². The summed E-state index contributed by atoms with van der Waals surface area (Å²) in [5, 5.41) is 10.1. The fourth-order valence-electron chi connectivity index (χ4n) is 7.14. The second-order valence-electron chi connectivity index (χ2n) is 19.1. The molecule has 0 saturated carbocycles. The van der Waals surface area contributed by atoms with Crippen LogP contribution in [0, 0.1) is 13.5 Å². The van der Waals surface area contributed by atoms with E-state index in [0.717, 1.165) is 34.2 Å². The number of halogens is 4. The summed E-state index contributed by atoms with van der Waals surface area (Å²) in [5.41, 5.74) is 10.5. The van der Waals surface area contributed by atoms with Gasteiger partial charge in [-0.3, -0.25) is 39.7 Å². The van der Waals surface area contributed by atoms with Crippen LogP contribution in [0.3, 0.4) is 0 Å². The van der Waals surface area contributed by atoms with Crippen molar-refractivity contribution in [1.82, 2.24) is 39.7 Å². The van der Waals surface area contributed by atoms with E-state index in [1.54, 1.807) is 142 Å². The number of imide groups is 2. The number of rotatable bonds is 17. The Balaban J connectivity index is -0.000000496. The molecular formula is C65H79BrCl3Mg2N9O9S. The first-order chi connectivity index (χ1) is 40.6. The van der Waals surface area contributed by atoms with E-state index in [4.69, 9.17) is 14.7 Å². The number of aryl methyl sites for hydroxylation is 1. The van der Waals surface area contributed by atoms with E-state index >= 15 is 0 Å².